The molecule has 0 radical (unpaired) electrons. The molecule has 1 heterocycles. The fraction of sp³-hybridized carbons (Fsp3) is 0.400. The van der Waals surface area contributed by atoms with E-state index in [0.717, 1.165) is 7.11 Å². The molecule has 0 aliphatic heterocycles. The van der Waals surface area contributed by atoms with E-state index in [1.54, 1.807) is 0 Å². The van der Waals surface area contributed by atoms with Crippen LogP contribution < -0.4 is 4.74 Å². The van der Waals surface area contributed by atoms with E-state index < -0.39 is 47.0 Å². The molecule has 0 aromatic carbocycles. The fourth-order valence-corrected chi connectivity index (χ4v) is 1.61. The second-order valence-corrected chi connectivity index (χ2v) is 3.77. The Balaban J connectivity index is 3.60. The lowest BCUT2D eigenvalue weighted by atomic mass is 10.1. The van der Waals surface area contributed by atoms with Crippen LogP contribution in [0.3, 0.4) is 0 Å². The predicted octanol–water partition coefficient (Wildman–Crippen LogP) is 3.52. The first kappa shape index (κ1) is 17.3. The highest BCUT2D eigenvalue weighted by Crippen LogP contribution is 2.41. The summed E-state index contributed by atoms with van der Waals surface area (Å²) in [5.74, 6) is -3.74. The Labute approximate surface area is 118 Å². The minimum Gasteiger partial charge on any atom is -0.464 e. The molecule has 0 bridgehead atoms. The van der Waals surface area contributed by atoms with Gasteiger partial charge in [-0.2, -0.15) is 13.2 Å². The van der Waals surface area contributed by atoms with Crippen molar-refractivity contribution in [3.8, 4) is 5.75 Å². The molecule has 0 saturated heterocycles. The lowest BCUT2D eigenvalue weighted by Crippen LogP contribution is -2.23. The molecule has 0 unspecified atom stereocenters. The van der Waals surface area contributed by atoms with Gasteiger partial charge in [0, 0.05) is 11.8 Å². The van der Waals surface area contributed by atoms with Crippen molar-refractivity contribution in [2.24, 2.45) is 0 Å². The first-order valence-corrected chi connectivity index (χ1v) is 5.53. The van der Waals surface area contributed by atoms with E-state index >= 15 is 0 Å². The van der Waals surface area contributed by atoms with Crippen LogP contribution in [0, 0.1) is 0 Å². The van der Waals surface area contributed by atoms with Crippen molar-refractivity contribution >= 4 is 17.6 Å². The van der Waals surface area contributed by atoms with Crippen molar-refractivity contribution in [2.45, 2.75) is 18.4 Å². The Kier molecular flexibility index (Phi) is 4.92. The average Bonchev–Trinajstić information content (AvgIpc) is 2.33. The van der Waals surface area contributed by atoms with Crippen LogP contribution in [0.2, 0.25) is 0 Å². The maximum Gasteiger partial charge on any atom is 0.573 e. The number of hydrogen-bond donors (Lipinski definition) is 0. The van der Waals surface area contributed by atoms with Crippen LogP contribution in [0.5, 0.6) is 5.75 Å². The van der Waals surface area contributed by atoms with E-state index in [9.17, 15) is 31.1 Å². The number of carbonyl (C=O) groups is 1. The third-order valence-electron chi connectivity index (χ3n) is 2.16. The molecule has 1 rings (SSSR count). The van der Waals surface area contributed by atoms with Gasteiger partial charge < -0.3 is 9.47 Å². The summed E-state index contributed by atoms with van der Waals surface area (Å²) < 4.78 is 82.5. The van der Waals surface area contributed by atoms with Gasteiger partial charge in [0.25, 0.3) is 0 Å². The molecule has 11 heteroatoms. The number of aromatic nitrogens is 1. The summed E-state index contributed by atoms with van der Waals surface area (Å²) in [5, 5.41) is 0. The summed E-state index contributed by atoms with van der Waals surface area (Å²) in [6.07, 6.45) is -10.5. The highest BCUT2D eigenvalue weighted by atomic mass is 35.5. The first-order valence-electron chi connectivity index (χ1n) is 5.00. The Hall–Kier alpha value is -1.71. The van der Waals surface area contributed by atoms with Crippen LogP contribution in [0.15, 0.2) is 6.20 Å². The van der Waals surface area contributed by atoms with Crippen molar-refractivity contribution in [2.75, 3.05) is 7.11 Å². The van der Waals surface area contributed by atoms with Crippen molar-refractivity contribution < 1.29 is 40.6 Å². The summed E-state index contributed by atoms with van der Waals surface area (Å²) in [4.78, 5) is 14.5. The fourth-order valence-electron chi connectivity index (χ4n) is 1.37. The number of esters is 1. The summed E-state index contributed by atoms with van der Waals surface area (Å²) in [6.45, 7) is 0. The predicted molar refractivity (Wildman–Crippen MR) is 56.8 cm³/mol. The van der Waals surface area contributed by atoms with Gasteiger partial charge in [-0.25, -0.2) is 9.78 Å². The number of nitrogens with zero attached hydrogens (tertiary/aromatic N) is 1. The second kappa shape index (κ2) is 5.96. The number of halogens is 7. The summed E-state index contributed by atoms with van der Waals surface area (Å²) in [6, 6.07) is 0. The number of hydrogen-bond acceptors (Lipinski definition) is 4. The molecule has 0 amide bonds. The van der Waals surface area contributed by atoms with Gasteiger partial charge in [-0.15, -0.1) is 24.8 Å². The molecular weight excluding hydrogens is 332 g/mol. The summed E-state index contributed by atoms with van der Waals surface area (Å²) in [5.41, 5.74) is -3.46. The molecule has 4 nitrogen and oxygen atoms in total. The van der Waals surface area contributed by atoms with Gasteiger partial charge in [0.05, 0.1) is 13.0 Å². The Morgan fingerprint density at radius 2 is 1.86 bits per heavy atom. The lowest BCUT2D eigenvalue weighted by molar-refractivity contribution is -0.276. The van der Waals surface area contributed by atoms with Gasteiger partial charge >= 0.3 is 18.5 Å². The Morgan fingerprint density at radius 1 is 1.29 bits per heavy atom. The number of alkyl halides is 7. The largest absolute Gasteiger partial charge is 0.573 e. The molecule has 0 aliphatic rings. The zero-order chi connectivity index (χ0) is 16.4. The van der Waals surface area contributed by atoms with Gasteiger partial charge in [-0.1, -0.05) is 0 Å². The maximum absolute atomic E-state index is 12.7. The molecule has 1 aromatic rings. The van der Waals surface area contributed by atoms with Crippen LogP contribution >= 0.6 is 11.6 Å². The molecule has 0 aliphatic carbocycles. The van der Waals surface area contributed by atoms with E-state index in [1.807, 2.05) is 0 Å². The molecule has 21 heavy (non-hydrogen) atoms. The van der Waals surface area contributed by atoms with Crippen LogP contribution in [0.25, 0.3) is 0 Å². The highest BCUT2D eigenvalue weighted by Gasteiger charge is 2.42. The van der Waals surface area contributed by atoms with Crippen LogP contribution in [-0.4, -0.2) is 24.4 Å². The third-order valence-corrected chi connectivity index (χ3v) is 2.43. The zero-order valence-electron chi connectivity index (χ0n) is 10.1. The van der Waals surface area contributed by atoms with Crippen LogP contribution in [0.1, 0.15) is 21.6 Å². The number of carbonyl (C=O) groups excluding carboxylic acids is 1. The van der Waals surface area contributed by atoms with Crippen molar-refractivity contribution in [3.63, 3.8) is 0 Å². The summed E-state index contributed by atoms with van der Waals surface area (Å²) in [7, 11) is 0.879. The monoisotopic (exact) mass is 337 g/mol. The quantitative estimate of drug-likeness (QED) is 0.481. The molecule has 118 valence electrons. The maximum atomic E-state index is 12.7. The molecule has 0 N–H and O–H groups in total. The average molecular weight is 338 g/mol. The normalized spacial score (nSPS) is 12.2. The number of pyridine rings is 1. The van der Waals surface area contributed by atoms with E-state index in [2.05, 4.69) is 14.5 Å². The van der Waals surface area contributed by atoms with Crippen molar-refractivity contribution in [3.05, 3.63) is 23.0 Å². The van der Waals surface area contributed by atoms with Crippen LogP contribution in [0.4, 0.5) is 26.3 Å². The van der Waals surface area contributed by atoms with E-state index in [1.165, 1.54) is 0 Å². The number of ether oxygens (including phenoxy) is 2. The Bertz CT molecular complexity index is 543. The van der Waals surface area contributed by atoms with Gasteiger partial charge in [0.15, 0.2) is 5.69 Å². The van der Waals surface area contributed by atoms with Gasteiger partial charge in [0.2, 0.25) is 0 Å². The van der Waals surface area contributed by atoms with Gasteiger partial charge in [-0.3, -0.25) is 0 Å². The standard InChI is InChI=1S/C10H6ClF6NO3/c1-20-8(19)6-4(2-11)7(21-10(15,16)17)5(3-18-6)9(12,13)14/h3H,2H2,1H3. The topological polar surface area (TPSA) is 48.4 Å². The minimum absolute atomic E-state index is 0.0450. The molecule has 1 aromatic heterocycles. The first-order chi connectivity index (χ1) is 9.51. The molecule has 0 spiro atoms. The van der Waals surface area contributed by atoms with Gasteiger partial charge in [-0.05, 0) is 0 Å². The number of rotatable bonds is 3. The SMILES string of the molecule is COC(=O)c1ncc(C(F)(F)F)c(OC(F)(F)F)c1CCl. The highest BCUT2D eigenvalue weighted by molar-refractivity contribution is 6.17. The molecule has 0 fully saturated rings. The summed E-state index contributed by atoms with van der Waals surface area (Å²) >= 11 is 5.33. The third kappa shape index (κ3) is 4.13. The van der Waals surface area contributed by atoms with Crippen molar-refractivity contribution in [1.82, 2.24) is 4.98 Å². The van der Waals surface area contributed by atoms with E-state index in [-0.39, 0.29) is 6.20 Å². The van der Waals surface area contributed by atoms with E-state index in [4.69, 9.17) is 11.6 Å². The second-order valence-electron chi connectivity index (χ2n) is 3.50. The molecular formula is C10H6ClF6NO3. The lowest BCUT2D eigenvalue weighted by Gasteiger charge is -2.18. The Morgan fingerprint density at radius 3 is 2.24 bits per heavy atom. The molecule has 0 atom stereocenters. The minimum atomic E-state index is -5.41. The van der Waals surface area contributed by atoms with E-state index in [0.29, 0.717) is 0 Å². The van der Waals surface area contributed by atoms with Gasteiger partial charge in [0.1, 0.15) is 11.3 Å². The zero-order valence-corrected chi connectivity index (χ0v) is 10.9. The number of methoxy groups -OCH3 is 1. The van der Waals surface area contributed by atoms with Crippen molar-refractivity contribution in [1.29, 1.82) is 0 Å². The smallest absolute Gasteiger partial charge is 0.464 e. The molecule has 0 saturated carbocycles. The van der Waals surface area contributed by atoms with Crippen LogP contribution in [-0.2, 0) is 16.8 Å².